The number of ether oxygens (including phenoxy) is 2. The first-order chi connectivity index (χ1) is 13.3. The highest BCUT2D eigenvalue weighted by molar-refractivity contribution is 8.18. The molecule has 0 unspecified atom stereocenters. The van der Waals surface area contributed by atoms with Crippen LogP contribution in [0.15, 0.2) is 64.5 Å². The van der Waals surface area contributed by atoms with Gasteiger partial charge in [0, 0.05) is 13.1 Å². The van der Waals surface area contributed by atoms with E-state index in [1.165, 1.54) is 11.8 Å². The molecule has 1 fully saturated rings. The normalized spacial score (nSPS) is 18.7. The third kappa shape index (κ3) is 4.59. The highest BCUT2D eigenvalue weighted by Gasteiger charge is 2.27. The Balaban J connectivity index is 1.37. The van der Waals surface area contributed by atoms with E-state index in [1.54, 1.807) is 0 Å². The van der Waals surface area contributed by atoms with Crippen molar-refractivity contribution < 1.29 is 14.3 Å². The second kappa shape index (κ2) is 8.41. The zero-order chi connectivity index (χ0) is 18.5. The predicted molar refractivity (Wildman–Crippen MR) is 108 cm³/mol. The molecule has 0 aromatic heterocycles. The van der Waals surface area contributed by atoms with Crippen molar-refractivity contribution >= 4 is 28.9 Å². The van der Waals surface area contributed by atoms with Crippen LogP contribution in [0.3, 0.4) is 0 Å². The average molecular weight is 380 g/mol. The van der Waals surface area contributed by atoms with Gasteiger partial charge < -0.3 is 14.4 Å². The second-order valence-corrected chi connectivity index (χ2v) is 7.26. The van der Waals surface area contributed by atoms with Crippen molar-refractivity contribution in [3.63, 3.8) is 0 Å². The van der Waals surface area contributed by atoms with Gasteiger partial charge in [-0.05, 0) is 41.1 Å². The van der Waals surface area contributed by atoms with Crippen LogP contribution in [0.4, 0.5) is 0 Å². The number of nitrogens with zero attached hydrogens (tertiary/aromatic N) is 2. The van der Waals surface area contributed by atoms with Crippen LogP contribution in [0.1, 0.15) is 11.1 Å². The van der Waals surface area contributed by atoms with Crippen molar-refractivity contribution in [2.24, 2.45) is 4.99 Å². The number of hydrogen-bond acceptors (Lipinski definition) is 5. The Labute approximate surface area is 162 Å². The number of aliphatic imine (C=N–C) groups is 1. The van der Waals surface area contributed by atoms with Gasteiger partial charge in [0.2, 0.25) is 0 Å². The van der Waals surface area contributed by atoms with E-state index < -0.39 is 0 Å². The average Bonchev–Trinajstić information content (AvgIpc) is 3.09. The van der Waals surface area contributed by atoms with E-state index in [-0.39, 0.29) is 5.91 Å². The molecular formula is C21H20N2O3S. The highest BCUT2D eigenvalue weighted by atomic mass is 32.2. The summed E-state index contributed by atoms with van der Waals surface area (Å²) in [5.41, 5.74) is 2.08. The lowest BCUT2D eigenvalue weighted by Gasteiger charge is -2.27. The maximum Gasteiger partial charge on any atom is 0.286 e. The van der Waals surface area contributed by atoms with Gasteiger partial charge >= 0.3 is 0 Å². The molecule has 2 aromatic carbocycles. The predicted octanol–water partition coefficient (Wildman–Crippen LogP) is 3.57. The van der Waals surface area contributed by atoms with E-state index in [4.69, 9.17) is 9.47 Å². The zero-order valence-electron chi connectivity index (χ0n) is 14.8. The molecule has 2 aliphatic rings. The molecule has 138 valence electrons. The van der Waals surface area contributed by atoms with Gasteiger partial charge in [0.15, 0.2) is 5.17 Å². The number of carbonyl (C=O) groups is 1. The van der Waals surface area contributed by atoms with Crippen molar-refractivity contribution in [3.05, 3.63) is 70.6 Å². The van der Waals surface area contributed by atoms with Gasteiger partial charge in [-0.2, -0.15) is 4.99 Å². The summed E-state index contributed by atoms with van der Waals surface area (Å²) in [6.45, 7) is 3.45. The van der Waals surface area contributed by atoms with Crippen LogP contribution in [-0.2, 0) is 16.1 Å². The van der Waals surface area contributed by atoms with E-state index in [2.05, 4.69) is 9.89 Å². The molecule has 0 saturated carbocycles. The molecule has 0 radical (unpaired) electrons. The number of amides is 1. The van der Waals surface area contributed by atoms with E-state index in [0.29, 0.717) is 24.7 Å². The molecular weight excluding hydrogens is 360 g/mol. The first-order valence-corrected chi connectivity index (χ1v) is 9.72. The Hall–Kier alpha value is -2.57. The highest BCUT2D eigenvalue weighted by Crippen LogP contribution is 2.30. The Morgan fingerprint density at radius 3 is 2.56 bits per heavy atom. The van der Waals surface area contributed by atoms with Crippen molar-refractivity contribution in [1.82, 2.24) is 4.90 Å². The summed E-state index contributed by atoms with van der Waals surface area (Å²) in [7, 11) is 0. The molecule has 1 saturated heterocycles. The SMILES string of the molecule is O=C1N=C(N2CCOCC2)S/C1=C/c1ccc(OCc2ccccc2)cc1. The summed E-state index contributed by atoms with van der Waals surface area (Å²) >= 11 is 1.43. The molecule has 2 aromatic rings. The number of carbonyl (C=O) groups excluding carboxylic acids is 1. The first kappa shape index (κ1) is 17.8. The Kier molecular flexibility index (Phi) is 5.55. The summed E-state index contributed by atoms with van der Waals surface area (Å²) in [4.78, 5) is 19.1. The van der Waals surface area contributed by atoms with Crippen molar-refractivity contribution in [3.8, 4) is 5.75 Å². The molecule has 2 heterocycles. The van der Waals surface area contributed by atoms with Gasteiger partial charge in [-0.25, -0.2) is 0 Å². The summed E-state index contributed by atoms with van der Waals surface area (Å²) < 4.78 is 11.2. The molecule has 0 N–H and O–H groups in total. The fourth-order valence-electron chi connectivity index (χ4n) is 2.84. The molecule has 27 heavy (non-hydrogen) atoms. The van der Waals surface area contributed by atoms with Gasteiger partial charge in [0.25, 0.3) is 5.91 Å². The van der Waals surface area contributed by atoms with Crippen LogP contribution < -0.4 is 4.74 Å². The van der Waals surface area contributed by atoms with Gasteiger partial charge in [0.05, 0.1) is 18.1 Å². The lowest BCUT2D eigenvalue weighted by molar-refractivity contribution is -0.113. The lowest BCUT2D eigenvalue weighted by Crippen LogP contribution is -2.38. The Morgan fingerprint density at radius 2 is 1.81 bits per heavy atom. The third-order valence-electron chi connectivity index (χ3n) is 4.32. The maximum absolute atomic E-state index is 12.2. The number of thioether (sulfide) groups is 1. The first-order valence-electron chi connectivity index (χ1n) is 8.90. The smallest absolute Gasteiger partial charge is 0.286 e. The van der Waals surface area contributed by atoms with Crippen LogP contribution >= 0.6 is 11.8 Å². The Morgan fingerprint density at radius 1 is 1.07 bits per heavy atom. The van der Waals surface area contributed by atoms with Crippen LogP contribution in [0.5, 0.6) is 5.75 Å². The Bertz CT molecular complexity index is 857. The minimum atomic E-state index is -0.175. The summed E-state index contributed by atoms with van der Waals surface area (Å²) in [5, 5.41) is 0.775. The van der Waals surface area contributed by atoms with E-state index >= 15 is 0 Å². The van der Waals surface area contributed by atoms with Gasteiger partial charge in [0.1, 0.15) is 12.4 Å². The lowest BCUT2D eigenvalue weighted by atomic mass is 10.2. The second-order valence-electron chi connectivity index (χ2n) is 6.25. The number of amidine groups is 1. The monoisotopic (exact) mass is 380 g/mol. The fourth-order valence-corrected chi connectivity index (χ4v) is 3.81. The molecule has 0 atom stereocenters. The maximum atomic E-state index is 12.2. The topological polar surface area (TPSA) is 51.1 Å². The number of morpholine rings is 1. The molecule has 0 aliphatic carbocycles. The minimum Gasteiger partial charge on any atom is -0.489 e. The molecule has 0 spiro atoms. The summed E-state index contributed by atoms with van der Waals surface area (Å²) in [6.07, 6.45) is 1.88. The molecule has 2 aliphatic heterocycles. The number of hydrogen-bond donors (Lipinski definition) is 0. The molecule has 4 rings (SSSR count). The number of benzene rings is 2. The molecule has 0 bridgehead atoms. The van der Waals surface area contributed by atoms with Crippen molar-refractivity contribution in [1.29, 1.82) is 0 Å². The number of rotatable bonds is 4. The fraction of sp³-hybridized carbons (Fsp3) is 0.238. The third-order valence-corrected chi connectivity index (χ3v) is 5.36. The van der Waals surface area contributed by atoms with Gasteiger partial charge in [-0.3, -0.25) is 4.79 Å². The van der Waals surface area contributed by atoms with Gasteiger partial charge in [-0.15, -0.1) is 0 Å². The molecule has 6 heteroatoms. The van der Waals surface area contributed by atoms with Crippen molar-refractivity contribution in [2.75, 3.05) is 26.3 Å². The molecule has 1 amide bonds. The van der Waals surface area contributed by atoms with E-state index in [9.17, 15) is 4.79 Å². The van der Waals surface area contributed by atoms with E-state index in [0.717, 1.165) is 35.1 Å². The van der Waals surface area contributed by atoms with E-state index in [1.807, 2.05) is 60.7 Å². The zero-order valence-corrected chi connectivity index (χ0v) is 15.7. The standard InChI is InChI=1S/C21H20N2O3S/c24-20-19(27-21(22-20)23-10-12-25-13-11-23)14-16-6-8-18(9-7-16)26-15-17-4-2-1-3-5-17/h1-9,14H,10-13,15H2/b19-14+. The molecule has 5 nitrogen and oxygen atoms in total. The quantitative estimate of drug-likeness (QED) is 0.759. The summed E-state index contributed by atoms with van der Waals surface area (Å²) in [5.74, 6) is 0.627. The summed E-state index contributed by atoms with van der Waals surface area (Å²) in [6, 6.07) is 17.8. The van der Waals surface area contributed by atoms with Crippen LogP contribution in [0, 0.1) is 0 Å². The van der Waals surface area contributed by atoms with Crippen LogP contribution in [0.2, 0.25) is 0 Å². The van der Waals surface area contributed by atoms with Crippen LogP contribution in [-0.4, -0.2) is 42.3 Å². The van der Waals surface area contributed by atoms with Gasteiger partial charge in [-0.1, -0.05) is 42.5 Å². The van der Waals surface area contributed by atoms with Crippen molar-refractivity contribution in [2.45, 2.75) is 6.61 Å². The van der Waals surface area contributed by atoms with Crippen LogP contribution in [0.25, 0.3) is 6.08 Å². The minimum absolute atomic E-state index is 0.175. The largest absolute Gasteiger partial charge is 0.489 e.